The molecule has 0 bridgehead atoms. The summed E-state index contributed by atoms with van der Waals surface area (Å²) in [4.78, 5) is 29.8. The van der Waals surface area contributed by atoms with E-state index in [4.69, 9.17) is 4.74 Å². The number of nitrogens with zero attached hydrogens (tertiary/aromatic N) is 2. The van der Waals surface area contributed by atoms with Crippen molar-refractivity contribution in [3.8, 4) is 11.1 Å². The zero-order chi connectivity index (χ0) is 28.1. The molecule has 1 saturated carbocycles. The molecule has 0 radical (unpaired) electrons. The van der Waals surface area contributed by atoms with Gasteiger partial charge in [0.05, 0.1) is 12.5 Å². The predicted molar refractivity (Wildman–Crippen MR) is 159 cm³/mol. The van der Waals surface area contributed by atoms with Gasteiger partial charge in [-0.05, 0) is 73.1 Å². The first kappa shape index (κ1) is 27.9. The van der Waals surface area contributed by atoms with E-state index in [0.717, 1.165) is 67.3 Å². The summed E-state index contributed by atoms with van der Waals surface area (Å²) < 4.78 is 5.27. The number of hydrogen-bond donors (Lipinski definition) is 1. The first-order valence-corrected chi connectivity index (χ1v) is 14.5. The zero-order valence-electron chi connectivity index (χ0n) is 23.6. The molecule has 1 aliphatic heterocycles. The number of aliphatic hydroxyl groups is 1. The SMILES string of the molecule is CN(C)c1ccc(-c2ccc(C(O)N(C(=O)C3CCCCC3)c3cccc(CC4CCCOC4=O)c3)cc2)cc1. The van der Waals surface area contributed by atoms with Crippen LogP contribution in [0.1, 0.15) is 62.3 Å². The number of hydrogen-bond acceptors (Lipinski definition) is 5. The summed E-state index contributed by atoms with van der Waals surface area (Å²) in [5.74, 6) is -0.460. The second-order valence-corrected chi connectivity index (χ2v) is 11.4. The number of amides is 1. The van der Waals surface area contributed by atoms with Crippen LogP contribution in [0, 0.1) is 11.8 Å². The Morgan fingerprint density at radius 3 is 2.20 bits per heavy atom. The van der Waals surface area contributed by atoms with Gasteiger partial charge in [0.25, 0.3) is 0 Å². The number of cyclic esters (lactones) is 1. The van der Waals surface area contributed by atoms with Gasteiger partial charge in [0, 0.05) is 37.0 Å². The minimum absolute atomic E-state index is 0.0372. The van der Waals surface area contributed by atoms with E-state index < -0.39 is 6.23 Å². The average molecular weight is 541 g/mol. The number of aliphatic hydroxyl groups excluding tert-OH is 1. The van der Waals surface area contributed by atoms with Crippen LogP contribution in [0.15, 0.2) is 72.8 Å². The van der Waals surface area contributed by atoms with E-state index in [9.17, 15) is 14.7 Å². The molecule has 1 saturated heterocycles. The topological polar surface area (TPSA) is 70.1 Å². The number of carbonyl (C=O) groups is 2. The van der Waals surface area contributed by atoms with Gasteiger partial charge in [-0.2, -0.15) is 0 Å². The summed E-state index contributed by atoms with van der Waals surface area (Å²) >= 11 is 0. The highest BCUT2D eigenvalue weighted by Gasteiger charge is 2.32. The quantitative estimate of drug-likeness (QED) is 0.260. The van der Waals surface area contributed by atoms with Gasteiger partial charge in [0.2, 0.25) is 5.91 Å². The van der Waals surface area contributed by atoms with Gasteiger partial charge in [0.1, 0.15) is 0 Å². The highest BCUT2D eigenvalue weighted by Crippen LogP contribution is 2.34. The second kappa shape index (κ2) is 12.7. The van der Waals surface area contributed by atoms with Crippen molar-refractivity contribution < 1.29 is 19.4 Å². The summed E-state index contributed by atoms with van der Waals surface area (Å²) in [6.07, 6.45) is 6.03. The van der Waals surface area contributed by atoms with Crippen LogP contribution in [-0.2, 0) is 20.7 Å². The molecule has 210 valence electrons. The first-order valence-electron chi connectivity index (χ1n) is 14.5. The maximum absolute atomic E-state index is 13.9. The van der Waals surface area contributed by atoms with Gasteiger partial charge >= 0.3 is 5.97 Å². The molecule has 1 amide bonds. The molecule has 6 heteroatoms. The van der Waals surface area contributed by atoms with Gasteiger partial charge in [-0.3, -0.25) is 14.5 Å². The molecule has 3 aromatic rings. The lowest BCUT2D eigenvalue weighted by molar-refractivity contribution is -0.152. The number of ether oxygens (including phenoxy) is 1. The largest absolute Gasteiger partial charge is 0.465 e. The number of esters is 1. The van der Waals surface area contributed by atoms with Gasteiger partial charge in [-0.25, -0.2) is 0 Å². The van der Waals surface area contributed by atoms with Crippen LogP contribution in [-0.4, -0.2) is 37.7 Å². The highest BCUT2D eigenvalue weighted by molar-refractivity contribution is 5.95. The monoisotopic (exact) mass is 540 g/mol. The van der Waals surface area contributed by atoms with Crippen molar-refractivity contribution in [1.82, 2.24) is 0 Å². The Hall–Kier alpha value is -3.64. The fourth-order valence-corrected chi connectivity index (χ4v) is 5.93. The molecule has 2 atom stereocenters. The van der Waals surface area contributed by atoms with Crippen LogP contribution in [0.2, 0.25) is 0 Å². The predicted octanol–water partition coefficient (Wildman–Crippen LogP) is 6.52. The summed E-state index contributed by atoms with van der Waals surface area (Å²) in [5, 5.41) is 11.7. The van der Waals surface area contributed by atoms with Crippen molar-refractivity contribution in [3.05, 3.63) is 83.9 Å². The van der Waals surface area contributed by atoms with Crippen LogP contribution in [0.5, 0.6) is 0 Å². The van der Waals surface area contributed by atoms with Crippen molar-refractivity contribution in [3.63, 3.8) is 0 Å². The van der Waals surface area contributed by atoms with Gasteiger partial charge in [-0.15, -0.1) is 0 Å². The lowest BCUT2D eigenvalue weighted by atomic mass is 9.87. The summed E-state index contributed by atoms with van der Waals surface area (Å²) in [7, 11) is 4.04. The van der Waals surface area contributed by atoms with E-state index in [1.165, 1.54) is 0 Å². The molecule has 5 rings (SSSR count). The molecule has 2 unspecified atom stereocenters. The molecular weight excluding hydrogens is 500 g/mol. The number of carbonyl (C=O) groups excluding carboxylic acids is 2. The van der Waals surface area contributed by atoms with E-state index >= 15 is 0 Å². The highest BCUT2D eigenvalue weighted by atomic mass is 16.5. The smallest absolute Gasteiger partial charge is 0.309 e. The third-order valence-electron chi connectivity index (χ3n) is 8.31. The van der Waals surface area contributed by atoms with Crippen molar-refractivity contribution >= 4 is 23.3 Å². The Bertz CT molecular complexity index is 1300. The van der Waals surface area contributed by atoms with E-state index in [-0.39, 0.29) is 23.7 Å². The Labute approximate surface area is 237 Å². The molecule has 40 heavy (non-hydrogen) atoms. The van der Waals surface area contributed by atoms with Crippen LogP contribution in [0.3, 0.4) is 0 Å². The van der Waals surface area contributed by atoms with Crippen molar-refractivity contribution in [2.75, 3.05) is 30.5 Å². The molecule has 0 aromatic heterocycles. The minimum Gasteiger partial charge on any atom is -0.465 e. The van der Waals surface area contributed by atoms with E-state index in [0.29, 0.717) is 24.3 Å². The lowest BCUT2D eigenvalue weighted by Gasteiger charge is -2.33. The molecule has 1 N–H and O–H groups in total. The third kappa shape index (κ3) is 6.39. The Kier molecular flexibility index (Phi) is 8.85. The van der Waals surface area contributed by atoms with E-state index in [2.05, 4.69) is 29.2 Å². The third-order valence-corrected chi connectivity index (χ3v) is 8.31. The van der Waals surface area contributed by atoms with Crippen LogP contribution >= 0.6 is 0 Å². The average Bonchev–Trinajstić information content (AvgIpc) is 2.99. The first-order chi connectivity index (χ1) is 19.4. The van der Waals surface area contributed by atoms with Gasteiger partial charge < -0.3 is 14.7 Å². The van der Waals surface area contributed by atoms with Crippen molar-refractivity contribution in [1.29, 1.82) is 0 Å². The van der Waals surface area contributed by atoms with Crippen LogP contribution < -0.4 is 9.80 Å². The zero-order valence-corrected chi connectivity index (χ0v) is 23.6. The maximum atomic E-state index is 13.9. The molecule has 2 fully saturated rings. The minimum atomic E-state index is -1.12. The molecule has 0 spiro atoms. The molecule has 1 heterocycles. The van der Waals surface area contributed by atoms with E-state index in [1.807, 2.05) is 62.6 Å². The summed E-state index contributed by atoms with van der Waals surface area (Å²) in [6, 6.07) is 23.9. The van der Waals surface area contributed by atoms with Crippen LogP contribution in [0.4, 0.5) is 11.4 Å². The maximum Gasteiger partial charge on any atom is 0.309 e. The van der Waals surface area contributed by atoms with Gasteiger partial charge in [0.15, 0.2) is 6.23 Å². The molecule has 1 aliphatic carbocycles. The Morgan fingerprint density at radius 2 is 1.55 bits per heavy atom. The standard InChI is InChI=1S/C34H40N2O4/c1-35(2)30-19-17-26(18-20-30)25-13-15-28(16-14-25)33(38)36(32(37)27-9-4-3-5-10-27)31-12-6-8-24(23-31)22-29-11-7-21-40-34(29)39/h6,8,12-20,23,27,29,33,38H,3-5,7,9-11,21-22H2,1-2H3. The Balaban J connectivity index is 1.41. The number of anilines is 2. The second-order valence-electron chi connectivity index (χ2n) is 11.4. The molecular formula is C34H40N2O4. The van der Waals surface area contributed by atoms with Crippen molar-refractivity contribution in [2.24, 2.45) is 11.8 Å². The van der Waals surface area contributed by atoms with Crippen molar-refractivity contribution in [2.45, 2.75) is 57.6 Å². The molecule has 2 aliphatic rings. The summed E-state index contributed by atoms with van der Waals surface area (Å²) in [6.45, 7) is 0.491. The number of rotatable bonds is 8. The molecule has 3 aromatic carbocycles. The lowest BCUT2D eigenvalue weighted by Crippen LogP contribution is -2.40. The normalized spacial score (nSPS) is 18.6. The molecule has 6 nitrogen and oxygen atoms in total. The van der Waals surface area contributed by atoms with Crippen LogP contribution in [0.25, 0.3) is 11.1 Å². The Morgan fingerprint density at radius 1 is 0.875 bits per heavy atom. The fraction of sp³-hybridized carbons (Fsp3) is 0.412. The van der Waals surface area contributed by atoms with E-state index in [1.54, 1.807) is 4.90 Å². The number of benzene rings is 3. The van der Waals surface area contributed by atoms with Gasteiger partial charge in [-0.1, -0.05) is 67.8 Å². The summed E-state index contributed by atoms with van der Waals surface area (Å²) in [5.41, 5.74) is 5.57. The fourth-order valence-electron chi connectivity index (χ4n) is 5.93.